The van der Waals surface area contributed by atoms with Crippen molar-refractivity contribution in [3.63, 3.8) is 0 Å². The first kappa shape index (κ1) is 25.8. The molecule has 1 unspecified atom stereocenters. The van der Waals surface area contributed by atoms with Crippen LogP contribution in [0.3, 0.4) is 0 Å². The summed E-state index contributed by atoms with van der Waals surface area (Å²) in [6.45, 7) is 1.97. The SMILES string of the molecule is Cc1cccc(C(=O)N(CCc2ccc(S(N)(=O)=O)cc2)C2CC(=O)N(c3ccc(C#N)cc3)C2=O)c1. The maximum atomic E-state index is 13.6. The van der Waals surface area contributed by atoms with Crippen LogP contribution in [0.1, 0.15) is 33.5 Å². The van der Waals surface area contributed by atoms with Crippen LogP contribution in [0.5, 0.6) is 0 Å². The molecule has 0 spiro atoms. The summed E-state index contributed by atoms with van der Waals surface area (Å²) in [6, 6.07) is 20.0. The highest BCUT2D eigenvalue weighted by Gasteiger charge is 2.44. The molecule has 1 aliphatic heterocycles. The number of hydrogen-bond donors (Lipinski definition) is 1. The summed E-state index contributed by atoms with van der Waals surface area (Å²) in [6.07, 6.45) is 0.137. The Morgan fingerprint density at radius 2 is 1.76 bits per heavy atom. The number of imide groups is 1. The molecule has 1 heterocycles. The molecule has 37 heavy (non-hydrogen) atoms. The summed E-state index contributed by atoms with van der Waals surface area (Å²) in [5, 5.41) is 14.2. The second kappa shape index (κ2) is 10.3. The van der Waals surface area contributed by atoms with Gasteiger partial charge in [-0.25, -0.2) is 18.5 Å². The van der Waals surface area contributed by atoms with E-state index >= 15 is 0 Å². The fourth-order valence-electron chi connectivity index (χ4n) is 4.25. The van der Waals surface area contributed by atoms with Crippen LogP contribution in [0.15, 0.2) is 77.7 Å². The quantitative estimate of drug-likeness (QED) is 0.478. The monoisotopic (exact) mass is 516 g/mol. The van der Waals surface area contributed by atoms with Gasteiger partial charge in [-0.2, -0.15) is 5.26 Å². The molecule has 1 aliphatic rings. The Balaban J connectivity index is 1.63. The van der Waals surface area contributed by atoms with Crippen molar-refractivity contribution in [2.75, 3.05) is 11.4 Å². The number of aryl methyl sites for hydroxylation is 1. The topological polar surface area (TPSA) is 142 Å². The van der Waals surface area contributed by atoms with E-state index in [4.69, 9.17) is 10.4 Å². The van der Waals surface area contributed by atoms with Gasteiger partial charge in [0, 0.05) is 12.1 Å². The zero-order valence-electron chi connectivity index (χ0n) is 20.0. The first-order chi connectivity index (χ1) is 17.6. The third-order valence-corrected chi connectivity index (χ3v) is 7.10. The van der Waals surface area contributed by atoms with Gasteiger partial charge in [0.25, 0.3) is 11.8 Å². The predicted molar refractivity (Wildman–Crippen MR) is 136 cm³/mol. The van der Waals surface area contributed by atoms with Gasteiger partial charge >= 0.3 is 0 Å². The van der Waals surface area contributed by atoms with E-state index in [2.05, 4.69) is 0 Å². The van der Waals surface area contributed by atoms with Crippen LogP contribution in [0.2, 0.25) is 0 Å². The second-order valence-electron chi connectivity index (χ2n) is 8.75. The molecule has 0 aromatic heterocycles. The van der Waals surface area contributed by atoms with Gasteiger partial charge in [0.05, 0.1) is 28.6 Å². The summed E-state index contributed by atoms with van der Waals surface area (Å²) in [5.41, 5.74) is 2.72. The standard InChI is InChI=1S/C27H24N4O5S/c1-18-3-2-4-21(15-18)26(33)30(14-13-19-7-11-23(12-8-19)37(29,35)36)24-16-25(32)31(27(24)34)22-9-5-20(17-28)6-10-22/h2-12,15,24H,13-14,16H2,1H3,(H2,29,35,36). The summed E-state index contributed by atoms with van der Waals surface area (Å²) < 4.78 is 23.1. The summed E-state index contributed by atoms with van der Waals surface area (Å²) in [4.78, 5) is 42.3. The Labute approximate surface area is 214 Å². The van der Waals surface area contributed by atoms with Crippen molar-refractivity contribution in [2.45, 2.75) is 30.7 Å². The highest BCUT2D eigenvalue weighted by Crippen LogP contribution is 2.27. The fourth-order valence-corrected chi connectivity index (χ4v) is 4.77. The van der Waals surface area contributed by atoms with Crippen molar-refractivity contribution >= 4 is 33.4 Å². The Bertz CT molecular complexity index is 1510. The molecule has 1 atom stereocenters. The van der Waals surface area contributed by atoms with Crippen molar-refractivity contribution < 1.29 is 22.8 Å². The molecule has 10 heteroatoms. The van der Waals surface area contributed by atoms with Crippen LogP contribution in [0.4, 0.5) is 5.69 Å². The van der Waals surface area contributed by atoms with Crippen molar-refractivity contribution in [1.82, 2.24) is 4.90 Å². The van der Waals surface area contributed by atoms with Gasteiger partial charge < -0.3 is 4.90 Å². The maximum absolute atomic E-state index is 13.6. The van der Waals surface area contributed by atoms with Crippen LogP contribution in [0.25, 0.3) is 0 Å². The third kappa shape index (κ3) is 5.58. The molecule has 1 fully saturated rings. The van der Waals surface area contributed by atoms with Gasteiger partial charge in [-0.1, -0.05) is 29.8 Å². The van der Waals surface area contributed by atoms with Crippen LogP contribution < -0.4 is 10.0 Å². The van der Waals surface area contributed by atoms with Crippen LogP contribution in [0, 0.1) is 18.3 Å². The number of nitrogens with zero attached hydrogens (tertiary/aromatic N) is 3. The third-order valence-electron chi connectivity index (χ3n) is 6.17. The van der Waals surface area contributed by atoms with E-state index < -0.39 is 33.8 Å². The van der Waals surface area contributed by atoms with E-state index in [0.717, 1.165) is 16.0 Å². The molecule has 3 aromatic carbocycles. The number of primary sulfonamides is 1. The van der Waals surface area contributed by atoms with Crippen molar-refractivity contribution in [2.24, 2.45) is 5.14 Å². The van der Waals surface area contributed by atoms with E-state index in [1.54, 1.807) is 30.3 Å². The summed E-state index contributed by atoms with van der Waals surface area (Å²) in [7, 11) is -3.84. The zero-order valence-corrected chi connectivity index (χ0v) is 20.8. The molecule has 0 saturated carbocycles. The first-order valence-corrected chi connectivity index (χ1v) is 13.0. The zero-order chi connectivity index (χ0) is 26.7. The Hall–Kier alpha value is -4.33. The van der Waals surface area contributed by atoms with E-state index in [1.165, 1.54) is 41.3 Å². The average molecular weight is 517 g/mol. The fraction of sp³-hybridized carbons (Fsp3) is 0.185. The first-order valence-electron chi connectivity index (χ1n) is 11.4. The molecule has 4 rings (SSSR count). The van der Waals surface area contributed by atoms with E-state index in [-0.39, 0.29) is 17.9 Å². The minimum absolute atomic E-state index is 0.0291. The number of rotatable bonds is 7. The smallest absolute Gasteiger partial charge is 0.257 e. The lowest BCUT2D eigenvalue weighted by Gasteiger charge is -2.28. The van der Waals surface area contributed by atoms with Gasteiger partial charge in [-0.15, -0.1) is 0 Å². The van der Waals surface area contributed by atoms with Crippen molar-refractivity contribution in [3.05, 3.63) is 95.1 Å². The predicted octanol–water partition coefficient (Wildman–Crippen LogP) is 2.53. The molecule has 3 amide bonds. The normalized spacial score (nSPS) is 15.5. The van der Waals surface area contributed by atoms with E-state index in [1.807, 2.05) is 19.1 Å². The average Bonchev–Trinajstić information content (AvgIpc) is 3.17. The van der Waals surface area contributed by atoms with Crippen LogP contribution in [-0.4, -0.2) is 43.6 Å². The number of amides is 3. The van der Waals surface area contributed by atoms with Gasteiger partial charge in [0.15, 0.2) is 0 Å². The van der Waals surface area contributed by atoms with Crippen LogP contribution >= 0.6 is 0 Å². The number of anilines is 1. The maximum Gasteiger partial charge on any atom is 0.257 e. The number of benzene rings is 3. The van der Waals surface area contributed by atoms with Crippen molar-refractivity contribution in [3.8, 4) is 6.07 Å². The Morgan fingerprint density at radius 3 is 2.35 bits per heavy atom. The molecule has 0 aliphatic carbocycles. The molecule has 0 bridgehead atoms. The molecule has 1 saturated heterocycles. The number of sulfonamides is 1. The molecular weight excluding hydrogens is 492 g/mol. The minimum atomic E-state index is -3.84. The summed E-state index contributed by atoms with van der Waals surface area (Å²) >= 11 is 0. The highest BCUT2D eigenvalue weighted by molar-refractivity contribution is 7.89. The molecule has 188 valence electrons. The highest BCUT2D eigenvalue weighted by atomic mass is 32.2. The Kier molecular flexibility index (Phi) is 7.20. The molecular formula is C27H24N4O5S. The number of nitrogens with two attached hydrogens (primary N) is 1. The van der Waals surface area contributed by atoms with E-state index in [9.17, 15) is 22.8 Å². The van der Waals surface area contributed by atoms with Gasteiger partial charge in [-0.05, 0) is 67.4 Å². The number of carbonyl (C=O) groups excluding carboxylic acids is 3. The lowest BCUT2D eigenvalue weighted by molar-refractivity contribution is -0.122. The molecule has 3 aromatic rings. The van der Waals surface area contributed by atoms with Gasteiger partial charge in [-0.3, -0.25) is 14.4 Å². The number of hydrogen-bond acceptors (Lipinski definition) is 6. The lowest BCUT2D eigenvalue weighted by Crippen LogP contribution is -2.46. The van der Waals surface area contributed by atoms with Crippen LogP contribution in [-0.2, 0) is 26.0 Å². The van der Waals surface area contributed by atoms with Gasteiger partial charge in [0.1, 0.15) is 6.04 Å². The summed E-state index contributed by atoms with van der Waals surface area (Å²) in [5.74, 6) is -1.36. The van der Waals surface area contributed by atoms with E-state index in [0.29, 0.717) is 23.2 Å². The second-order valence-corrected chi connectivity index (χ2v) is 10.3. The molecule has 2 N–H and O–H groups in total. The molecule has 9 nitrogen and oxygen atoms in total. The minimum Gasteiger partial charge on any atom is -0.326 e. The Morgan fingerprint density at radius 1 is 1.08 bits per heavy atom. The van der Waals surface area contributed by atoms with Crippen molar-refractivity contribution in [1.29, 1.82) is 5.26 Å². The van der Waals surface area contributed by atoms with Gasteiger partial charge in [0.2, 0.25) is 15.9 Å². The largest absolute Gasteiger partial charge is 0.326 e. The molecule has 0 radical (unpaired) electrons. The number of nitriles is 1. The lowest BCUT2D eigenvalue weighted by atomic mass is 10.1. The number of carbonyl (C=O) groups is 3.